The number of primary amides is 1. The van der Waals surface area contributed by atoms with Crippen LogP contribution in [0.2, 0.25) is 0 Å². The molecule has 0 spiro atoms. The highest BCUT2D eigenvalue weighted by atomic mass is 32.2. The highest BCUT2D eigenvalue weighted by Crippen LogP contribution is 2.42. The molecule has 1 amide bonds. The normalized spacial score (nSPS) is 17.8. The van der Waals surface area contributed by atoms with Gasteiger partial charge in [0.2, 0.25) is 5.91 Å². The number of ether oxygens (including phenoxy) is 1. The van der Waals surface area contributed by atoms with E-state index in [2.05, 4.69) is 5.32 Å². The van der Waals surface area contributed by atoms with Crippen LogP contribution >= 0.6 is 11.8 Å². The average molecular weight is 280 g/mol. The molecular weight excluding hydrogens is 260 g/mol. The van der Waals surface area contributed by atoms with Crippen LogP contribution < -0.4 is 15.8 Å². The van der Waals surface area contributed by atoms with Crippen LogP contribution in [0.4, 0.5) is 0 Å². The Morgan fingerprint density at radius 2 is 2.11 bits per heavy atom. The fourth-order valence-electron chi connectivity index (χ4n) is 2.23. The molecule has 19 heavy (non-hydrogen) atoms. The Morgan fingerprint density at radius 1 is 1.47 bits per heavy atom. The average Bonchev–Trinajstić information content (AvgIpc) is 3.25. The van der Waals surface area contributed by atoms with Gasteiger partial charge in [-0.05, 0) is 50.1 Å². The SMILES string of the molecule is CNC(CSc1ccc(OC)cc1)(C(N)=O)C1CC1. The number of benzene rings is 1. The van der Waals surface area contributed by atoms with Gasteiger partial charge in [-0.1, -0.05) is 0 Å². The lowest BCUT2D eigenvalue weighted by Crippen LogP contribution is -2.57. The third-order valence-electron chi connectivity index (χ3n) is 3.69. The number of carbonyl (C=O) groups excluding carboxylic acids is 1. The number of amides is 1. The summed E-state index contributed by atoms with van der Waals surface area (Å²) >= 11 is 1.65. The monoisotopic (exact) mass is 280 g/mol. The number of likely N-dealkylation sites (N-methyl/N-ethyl adjacent to an activating group) is 1. The maximum absolute atomic E-state index is 11.8. The molecule has 2 rings (SSSR count). The lowest BCUT2D eigenvalue weighted by Gasteiger charge is -2.30. The summed E-state index contributed by atoms with van der Waals surface area (Å²) in [6.07, 6.45) is 2.15. The minimum Gasteiger partial charge on any atom is -0.497 e. The summed E-state index contributed by atoms with van der Waals surface area (Å²) < 4.78 is 5.13. The lowest BCUT2D eigenvalue weighted by molar-refractivity contribution is -0.124. The first-order valence-corrected chi connectivity index (χ1v) is 7.36. The Labute approximate surface area is 118 Å². The number of nitrogens with two attached hydrogens (primary N) is 1. The number of thioether (sulfide) groups is 1. The third kappa shape index (κ3) is 3.04. The van der Waals surface area contributed by atoms with Gasteiger partial charge >= 0.3 is 0 Å². The van der Waals surface area contributed by atoms with E-state index in [-0.39, 0.29) is 5.91 Å². The molecule has 0 saturated heterocycles. The molecule has 0 heterocycles. The molecular formula is C14H20N2O2S. The second kappa shape index (κ2) is 5.84. The molecule has 1 saturated carbocycles. The summed E-state index contributed by atoms with van der Waals surface area (Å²) in [5, 5.41) is 3.15. The van der Waals surface area contributed by atoms with Crippen LogP contribution in [0, 0.1) is 5.92 Å². The second-order valence-corrected chi connectivity index (χ2v) is 5.87. The summed E-state index contributed by atoms with van der Waals surface area (Å²) in [7, 11) is 3.46. The van der Waals surface area contributed by atoms with Crippen molar-refractivity contribution in [2.75, 3.05) is 19.9 Å². The van der Waals surface area contributed by atoms with Crippen LogP contribution in [0.15, 0.2) is 29.2 Å². The van der Waals surface area contributed by atoms with Crippen molar-refractivity contribution in [3.63, 3.8) is 0 Å². The van der Waals surface area contributed by atoms with Crippen molar-refractivity contribution in [1.82, 2.24) is 5.32 Å². The van der Waals surface area contributed by atoms with Gasteiger partial charge in [0.25, 0.3) is 0 Å². The fourth-order valence-corrected chi connectivity index (χ4v) is 3.48. The van der Waals surface area contributed by atoms with E-state index in [1.807, 2.05) is 31.3 Å². The number of hydrogen-bond acceptors (Lipinski definition) is 4. The Kier molecular flexibility index (Phi) is 4.37. The molecule has 1 aromatic rings. The Bertz CT molecular complexity index is 445. The van der Waals surface area contributed by atoms with Gasteiger partial charge in [0.15, 0.2) is 0 Å². The van der Waals surface area contributed by atoms with Gasteiger partial charge in [0, 0.05) is 10.6 Å². The van der Waals surface area contributed by atoms with E-state index >= 15 is 0 Å². The van der Waals surface area contributed by atoms with Crippen LogP contribution in [0.3, 0.4) is 0 Å². The van der Waals surface area contributed by atoms with Gasteiger partial charge < -0.3 is 15.8 Å². The Morgan fingerprint density at radius 3 is 2.53 bits per heavy atom. The number of hydrogen-bond donors (Lipinski definition) is 2. The summed E-state index contributed by atoms with van der Waals surface area (Å²) in [4.78, 5) is 12.9. The van der Waals surface area contributed by atoms with E-state index in [9.17, 15) is 4.79 Å². The van der Waals surface area contributed by atoms with Gasteiger partial charge in [-0.3, -0.25) is 4.79 Å². The molecule has 1 atom stereocenters. The molecule has 5 heteroatoms. The number of carbonyl (C=O) groups is 1. The van der Waals surface area contributed by atoms with Crippen molar-refractivity contribution < 1.29 is 9.53 Å². The molecule has 0 aliphatic heterocycles. The predicted octanol–water partition coefficient (Wildman–Crippen LogP) is 1.64. The molecule has 1 aliphatic rings. The van der Waals surface area contributed by atoms with Crippen molar-refractivity contribution in [2.45, 2.75) is 23.3 Å². The van der Waals surface area contributed by atoms with Gasteiger partial charge in [0.1, 0.15) is 11.3 Å². The van der Waals surface area contributed by atoms with Gasteiger partial charge in [-0.25, -0.2) is 0 Å². The standard InChI is InChI=1S/C14H20N2O2S/c1-16-14(13(15)17,10-3-4-10)9-19-12-7-5-11(18-2)6-8-12/h5-8,10,16H,3-4,9H2,1-2H3,(H2,15,17). The minimum atomic E-state index is -0.579. The van der Waals surface area contributed by atoms with E-state index < -0.39 is 5.54 Å². The fraction of sp³-hybridized carbons (Fsp3) is 0.500. The highest BCUT2D eigenvalue weighted by molar-refractivity contribution is 7.99. The zero-order valence-electron chi connectivity index (χ0n) is 11.3. The summed E-state index contributed by atoms with van der Waals surface area (Å²) in [5.74, 6) is 1.62. The molecule has 104 valence electrons. The summed E-state index contributed by atoms with van der Waals surface area (Å²) in [5.41, 5.74) is 5.02. The zero-order valence-corrected chi connectivity index (χ0v) is 12.1. The van der Waals surface area contributed by atoms with Crippen molar-refractivity contribution in [3.05, 3.63) is 24.3 Å². The predicted molar refractivity (Wildman–Crippen MR) is 77.4 cm³/mol. The lowest BCUT2D eigenvalue weighted by atomic mass is 9.95. The van der Waals surface area contributed by atoms with E-state index in [0.717, 1.165) is 23.5 Å². The second-order valence-electron chi connectivity index (χ2n) is 4.82. The van der Waals surface area contributed by atoms with Gasteiger partial charge in [-0.2, -0.15) is 0 Å². The molecule has 1 aromatic carbocycles. The van der Waals surface area contributed by atoms with Crippen molar-refractivity contribution in [3.8, 4) is 5.75 Å². The van der Waals surface area contributed by atoms with Gasteiger partial charge in [0.05, 0.1) is 7.11 Å². The maximum Gasteiger partial charge on any atom is 0.238 e. The largest absolute Gasteiger partial charge is 0.497 e. The quantitative estimate of drug-likeness (QED) is 0.745. The molecule has 4 nitrogen and oxygen atoms in total. The molecule has 0 radical (unpaired) electrons. The number of rotatable bonds is 7. The third-order valence-corrected chi connectivity index (χ3v) is 4.89. The van der Waals surface area contributed by atoms with Crippen LogP contribution in [-0.4, -0.2) is 31.4 Å². The molecule has 0 aromatic heterocycles. The summed E-state index contributed by atoms with van der Waals surface area (Å²) in [6.45, 7) is 0. The Balaban J connectivity index is 2.03. The van der Waals surface area contributed by atoms with E-state index in [1.54, 1.807) is 18.9 Å². The van der Waals surface area contributed by atoms with Crippen molar-refractivity contribution in [2.24, 2.45) is 11.7 Å². The highest BCUT2D eigenvalue weighted by Gasteiger charge is 2.48. The smallest absolute Gasteiger partial charge is 0.238 e. The topological polar surface area (TPSA) is 64.3 Å². The first-order valence-electron chi connectivity index (χ1n) is 6.38. The van der Waals surface area contributed by atoms with E-state index in [0.29, 0.717) is 11.7 Å². The first-order chi connectivity index (χ1) is 9.12. The molecule has 1 aliphatic carbocycles. The molecule has 1 fully saturated rings. The number of nitrogens with one attached hydrogen (secondary N) is 1. The van der Waals surface area contributed by atoms with Crippen molar-refractivity contribution >= 4 is 17.7 Å². The van der Waals surface area contributed by atoms with E-state index in [4.69, 9.17) is 10.5 Å². The van der Waals surface area contributed by atoms with Crippen LogP contribution in [-0.2, 0) is 4.79 Å². The summed E-state index contributed by atoms with van der Waals surface area (Å²) in [6, 6.07) is 7.84. The molecule has 3 N–H and O–H groups in total. The number of methoxy groups -OCH3 is 1. The van der Waals surface area contributed by atoms with E-state index in [1.165, 1.54) is 0 Å². The maximum atomic E-state index is 11.8. The van der Waals surface area contributed by atoms with Crippen molar-refractivity contribution in [1.29, 1.82) is 0 Å². The minimum absolute atomic E-state index is 0.251. The molecule has 0 bridgehead atoms. The van der Waals surface area contributed by atoms with Crippen LogP contribution in [0.5, 0.6) is 5.75 Å². The molecule has 1 unspecified atom stereocenters. The Hall–Kier alpha value is -1.20. The van der Waals surface area contributed by atoms with Crippen LogP contribution in [0.1, 0.15) is 12.8 Å². The zero-order chi connectivity index (χ0) is 13.9. The van der Waals surface area contributed by atoms with Crippen LogP contribution in [0.25, 0.3) is 0 Å². The van der Waals surface area contributed by atoms with Gasteiger partial charge in [-0.15, -0.1) is 11.8 Å². The first kappa shape index (κ1) is 14.2.